The fourth-order valence-corrected chi connectivity index (χ4v) is 2.46. The molecule has 98 valence electrons. The molecular weight excluding hydrogens is 254 g/mol. The van der Waals surface area contributed by atoms with Gasteiger partial charge in [0.25, 0.3) is 5.91 Å². The Morgan fingerprint density at radius 3 is 3.22 bits per heavy atom. The zero-order valence-corrected chi connectivity index (χ0v) is 10.6. The highest BCUT2D eigenvalue weighted by Crippen LogP contribution is 2.12. The molecule has 4 N–H and O–H groups in total. The molecule has 0 aliphatic carbocycles. The Balaban J connectivity index is 1.94. The molecule has 0 unspecified atom stereocenters. The van der Waals surface area contributed by atoms with E-state index >= 15 is 0 Å². The van der Waals surface area contributed by atoms with Crippen molar-refractivity contribution in [3.05, 3.63) is 16.1 Å². The van der Waals surface area contributed by atoms with Crippen LogP contribution < -0.4 is 16.6 Å². The maximum atomic E-state index is 11.3. The Hall–Kier alpha value is -1.51. The van der Waals surface area contributed by atoms with E-state index in [0.717, 1.165) is 12.2 Å². The number of nitrogen functional groups attached to an aromatic ring is 1. The molecule has 2 rings (SSSR count). The van der Waals surface area contributed by atoms with Gasteiger partial charge in [-0.15, -0.1) is 11.3 Å². The normalized spacial score (nSPS) is 17.1. The van der Waals surface area contributed by atoms with E-state index in [1.807, 2.05) is 5.38 Å². The van der Waals surface area contributed by atoms with Crippen LogP contribution in [0.1, 0.15) is 21.9 Å². The van der Waals surface area contributed by atoms with Crippen molar-refractivity contribution >= 4 is 23.2 Å². The molecule has 2 amide bonds. The number of hydrogen-bond donors (Lipinski definition) is 3. The van der Waals surface area contributed by atoms with Crippen LogP contribution in [-0.2, 0) is 11.3 Å². The summed E-state index contributed by atoms with van der Waals surface area (Å²) in [6, 6.07) is 0. The van der Waals surface area contributed by atoms with Gasteiger partial charge < -0.3 is 5.32 Å². The second-order valence-electron chi connectivity index (χ2n) is 3.99. The number of carbonyl (C=O) groups is 2. The van der Waals surface area contributed by atoms with Crippen molar-refractivity contribution in [1.82, 2.24) is 20.6 Å². The maximum absolute atomic E-state index is 11.3. The number of hydrazine groups is 1. The van der Waals surface area contributed by atoms with Crippen molar-refractivity contribution in [2.45, 2.75) is 13.0 Å². The lowest BCUT2D eigenvalue weighted by Crippen LogP contribution is -2.30. The largest absolute Gasteiger partial charge is 0.355 e. The lowest BCUT2D eigenvalue weighted by Gasteiger charge is -2.17. The minimum atomic E-state index is -0.376. The monoisotopic (exact) mass is 269 g/mol. The zero-order chi connectivity index (χ0) is 13.0. The zero-order valence-electron chi connectivity index (χ0n) is 9.81. The van der Waals surface area contributed by atoms with Crippen molar-refractivity contribution in [2.24, 2.45) is 5.84 Å². The van der Waals surface area contributed by atoms with Crippen LogP contribution >= 0.6 is 11.3 Å². The van der Waals surface area contributed by atoms with Crippen molar-refractivity contribution in [3.8, 4) is 0 Å². The third kappa shape index (κ3) is 3.25. The Kier molecular flexibility index (Phi) is 4.24. The van der Waals surface area contributed by atoms with Crippen LogP contribution in [0.2, 0.25) is 0 Å². The van der Waals surface area contributed by atoms with E-state index in [1.165, 1.54) is 11.3 Å². The van der Waals surface area contributed by atoms with E-state index in [2.05, 4.69) is 20.6 Å². The van der Waals surface area contributed by atoms with Crippen molar-refractivity contribution < 1.29 is 9.59 Å². The molecule has 0 saturated carbocycles. The summed E-state index contributed by atoms with van der Waals surface area (Å²) in [5.41, 5.74) is 2.88. The number of thiazole rings is 1. The number of aromatic nitrogens is 1. The van der Waals surface area contributed by atoms with Gasteiger partial charge in [-0.25, -0.2) is 10.8 Å². The number of nitrogens with two attached hydrogens (primary N) is 1. The van der Waals surface area contributed by atoms with E-state index < -0.39 is 0 Å². The van der Waals surface area contributed by atoms with Gasteiger partial charge in [-0.2, -0.15) is 0 Å². The van der Waals surface area contributed by atoms with Crippen LogP contribution in [0.5, 0.6) is 0 Å². The summed E-state index contributed by atoms with van der Waals surface area (Å²) >= 11 is 1.26. The minimum absolute atomic E-state index is 0.0824. The quantitative estimate of drug-likeness (QED) is 0.374. The predicted molar refractivity (Wildman–Crippen MR) is 66.7 cm³/mol. The molecule has 0 bridgehead atoms. The van der Waals surface area contributed by atoms with Gasteiger partial charge in [-0.1, -0.05) is 0 Å². The predicted octanol–water partition coefficient (Wildman–Crippen LogP) is -0.931. The Labute approximate surface area is 108 Å². The fourth-order valence-electron chi connectivity index (χ4n) is 1.75. The summed E-state index contributed by atoms with van der Waals surface area (Å²) in [5, 5.41) is 5.01. The van der Waals surface area contributed by atoms with E-state index in [4.69, 9.17) is 5.84 Å². The van der Waals surface area contributed by atoms with Crippen LogP contribution in [0.4, 0.5) is 0 Å². The third-order valence-electron chi connectivity index (χ3n) is 2.67. The molecule has 1 fully saturated rings. The van der Waals surface area contributed by atoms with Crippen molar-refractivity contribution in [2.75, 3.05) is 19.6 Å². The summed E-state index contributed by atoms with van der Waals surface area (Å²) < 4.78 is 0. The highest BCUT2D eigenvalue weighted by Gasteiger charge is 2.16. The smallest absolute Gasteiger partial charge is 0.294 e. The van der Waals surface area contributed by atoms with Crippen molar-refractivity contribution in [3.63, 3.8) is 0 Å². The summed E-state index contributed by atoms with van der Waals surface area (Å²) in [5.74, 6) is 4.75. The molecule has 1 aliphatic heterocycles. The van der Waals surface area contributed by atoms with Gasteiger partial charge in [0.15, 0.2) is 5.01 Å². The number of hydrogen-bond acceptors (Lipinski definition) is 6. The van der Waals surface area contributed by atoms with E-state index in [9.17, 15) is 9.59 Å². The molecule has 7 nitrogen and oxygen atoms in total. The number of carbonyl (C=O) groups excluding carboxylic acids is 2. The molecule has 18 heavy (non-hydrogen) atoms. The Bertz CT molecular complexity index is 447. The first-order chi connectivity index (χ1) is 8.69. The SMILES string of the molecule is NNC(=O)c1nc(CN2CCNC(=O)CC2)cs1. The lowest BCUT2D eigenvalue weighted by molar-refractivity contribution is -0.120. The molecule has 1 aromatic rings. The first-order valence-electron chi connectivity index (χ1n) is 5.63. The van der Waals surface area contributed by atoms with Crippen LogP contribution in [0.15, 0.2) is 5.38 Å². The summed E-state index contributed by atoms with van der Waals surface area (Å²) in [6.45, 7) is 2.80. The molecule has 1 saturated heterocycles. The fraction of sp³-hybridized carbons (Fsp3) is 0.500. The van der Waals surface area contributed by atoms with E-state index in [1.54, 1.807) is 0 Å². The van der Waals surface area contributed by atoms with Gasteiger partial charge in [0.1, 0.15) is 0 Å². The van der Waals surface area contributed by atoms with Crippen molar-refractivity contribution in [1.29, 1.82) is 0 Å². The third-order valence-corrected chi connectivity index (χ3v) is 3.56. The molecule has 0 spiro atoms. The Morgan fingerprint density at radius 2 is 2.44 bits per heavy atom. The summed E-state index contributed by atoms with van der Waals surface area (Å²) in [7, 11) is 0. The molecule has 2 heterocycles. The second-order valence-corrected chi connectivity index (χ2v) is 4.85. The number of nitrogens with zero attached hydrogens (tertiary/aromatic N) is 2. The van der Waals surface area contributed by atoms with Gasteiger partial charge in [0.05, 0.1) is 5.69 Å². The van der Waals surface area contributed by atoms with Gasteiger partial charge in [-0.3, -0.25) is 19.9 Å². The minimum Gasteiger partial charge on any atom is -0.355 e. The van der Waals surface area contributed by atoms with Crippen LogP contribution in [0, 0.1) is 0 Å². The van der Waals surface area contributed by atoms with Crippen LogP contribution in [0.3, 0.4) is 0 Å². The van der Waals surface area contributed by atoms with Crippen LogP contribution in [0.25, 0.3) is 0 Å². The molecule has 0 atom stereocenters. The number of nitrogens with one attached hydrogen (secondary N) is 2. The van der Waals surface area contributed by atoms with Gasteiger partial charge >= 0.3 is 0 Å². The average molecular weight is 269 g/mol. The van der Waals surface area contributed by atoms with Gasteiger partial charge in [0, 0.05) is 38.0 Å². The summed E-state index contributed by atoms with van der Waals surface area (Å²) in [4.78, 5) is 28.8. The summed E-state index contributed by atoms with van der Waals surface area (Å²) in [6.07, 6.45) is 0.500. The van der Waals surface area contributed by atoms with Gasteiger partial charge in [-0.05, 0) is 0 Å². The topological polar surface area (TPSA) is 100 Å². The molecule has 1 aromatic heterocycles. The highest BCUT2D eigenvalue weighted by atomic mass is 32.1. The molecule has 0 aromatic carbocycles. The number of amides is 2. The number of rotatable bonds is 3. The second kappa shape index (κ2) is 5.89. The van der Waals surface area contributed by atoms with E-state index in [0.29, 0.717) is 31.1 Å². The molecule has 0 radical (unpaired) electrons. The first-order valence-corrected chi connectivity index (χ1v) is 6.51. The molecule has 1 aliphatic rings. The highest BCUT2D eigenvalue weighted by molar-refractivity contribution is 7.11. The van der Waals surface area contributed by atoms with Crippen LogP contribution in [-0.4, -0.2) is 41.3 Å². The molecule has 8 heteroatoms. The molecular formula is C10H15N5O2S. The van der Waals surface area contributed by atoms with Gasteiger partial charge in [0.2, 0.25) is 5.91 Å². The first kappa shape index (κ1) is 12.9. The van der Waals surface area contributed by atoms with E-state index in [-0.39, 0.29) is 11.8 Å². The standard InChI is InChI=1S/C10H15N5O2S/c11-14-9(17)10-13-7(6-18-10)5-15-3-1-8(16)12-2-4-15/h6H,1-5,11H2,(H,12,16)(H,14,17). The average Bonchev–Trinajstić information content (AvgIpc) is 2.73. The lowest BCUT2D eigenvalue weighted by atomic mass is 10.3. The Morgan fingerprint density at radius 1 is 1.61 bits per heavy atom. The maximum Gasteiger partial charge on any atom is 0.294 e.